The molecule has 0 saturated heterocycles. The molecule has 1 unspecified atom stereocenters. The number of hydrogen-bond acceptors (Lipinski definition) is 2. The summed E-state index contributed by atoms with van der Waals surface area (Å²) in [6, 6.07) is 15.1. The van der Waals surface area contributed by atoms with Gasteiger partial charge in [0.2, 0.25) is 10.0 Å². The second-order valence-electron chi connectivity index (χ2n) is 7.48. The van der Waals surface area contributed by atoms with Gasteiger partial charge in [-0.05, 0) is 42.7 Å². The van der Waals surface area contributed by atoms with Gasteiger partial charge in [-0.15, -0.1) is 0 Å². The van der Waals surface area contributed by atoms with Crippen LogP contribution in [0.1, 0.15) is 22.9 Å². The summed E-state index contributed by atoms with van der Waals surface area (Å²) in [5.41, 5.74) is 5.55. The van der Waals surface area contributed by atoms with Crippen LogP contribution in [0.25, 0.3) is 10.9 Å². The van der Waals surface area contributed by atoms with Crippen molar-refractivity contribution in [1.82, 2.24) is 8.87 Å². The number of sulfonamides is 1. The number of aromatic nitrogens is 1. The van der Waals surface area contributed by atoms with Gasteiger partial charge in [-0.1, -0.05) is 54.6 Å². The van der Waals surface area contributed by atoms with Gasteiger partial charge in [0.05, 0.1) is 10.9 Å². The normalized spacial score (nSPS) is 19.3. The molecule has 0 amide bonds. The lowest BCUT2D eigenvalue weighted by molar-refractivity contribution is 0.326. The molecule has 0 saturated carbocycles. The van der Waals surface area contributed by atoms with E-state index in [0.29, 0.717) is 11.4 Å². The molecule has 0 radical (unpaired) electrons. The van der Waals surface area contributed by atoms with E-state index < -0.39 is 10.0 Å². The first-order chi connectivity index (χ1) is 13.5. The number of nitrogens with zero attached hydrogens (tertiary/aromatic N) is 2. The fraction of sp³-hybridized carbons (Fsp3) is 0.217. The summed E-state index contributed by atoms with van der Waals surface area (Å²) in [5.74, 6) is 0. The second-order valence-corrected chi connectivity index (χ2v) is 9.37. The topological polar surface area (TPSA) is 42.3 Å². The van der Waals surface area contributed by atoms with Gasteiger partial charge >= 0.3 is 0 Å². The van der Waals surface area contributed by atoms with E-state index in [9.17, 15) is 8.42 Å². The van der Waals surface area contributed by atoms with Gasteiger partial charge in [-0.3, -0.25) is 0 Å². The van der Waals surface area contributed by atoms with Crippen LogP contribution in [0, 0.1) is 6.92 Å². The molecule has 2 aromatic carbocycles. The fourth-order valence-corrected chi connectivity index (χ4v) is 6.17. The number of hydrogen-bond donors (Lipinski definition) is 0. The van der Waals surface area contributed by atoms with Crippen LogP contribution in [0.15, 0.2) is 77.7 Å². The Hall–Kier alpha value is -2.63. The van der Waals surface area contributed by atoms with Crippen molar-refractivity contribution in [2.45, 2.75) is 30.8 Å². The van der Waals surface area contributed by atoms with Crippen LogP contribution in [0.2, 0.25) is 0 Å². The third-order valence-corrected chi connectivity index (χ3v) is 7.82. The Bertz CT molecular complexity index is 1230. The third-order valence-electron chi connectivity index (χ3n) is 5.94. The molecule has 4 nitrogen and oxygen atoms in total. The van der Waals surface area contributed by atoms with Crippen LogP contribution >= 0.6 is 0 Å². The molecule has 142 valence electrons. The molecule has 0 N–H and O–H groups in total. The Morgan fingerprint density at radius 3 is 2.61 bits per heavy atom. The van der Waals surface area contributed by atoms with Crippen molar-refractivity contribution < 1.29 is 8.42 Å². The highest BCUT2D eigenvalue weighted by Gasteiger charge is 2.42. The summed E-state index contributed by atoms with van der Waals surface area (Å²) >= 11 is 0. The first-order valence-electron chi connectivity index (χ1n) is 9.53. The summed E-state index contributed by atoms with van der Waals surface area (Å²) in [6.45, 7) is 7.13. The molecule has 0 aliphatic carbocycles. The highest BCUT2D eigenvalue weighted by atomic mass is 32.2. The summed E-state index contributed by atoms with van der Waals surface area (Å²) < 4.78 is 31.0. The average Bonchev–Trinajstić information content (AvgIpc) is 3.04. The molecule has 2 aliphatic rings. The highest BCUT2D eigenvalue weighted by molar-refractivity contribution is 7.89. The Labute approximate surface area is 165 Å². The molecule has 3 aromatic rings. The van der Waals surface area contributed by atoms with Gasteiger partial charge in [-0.25, -0.2) is 8.42 Å². The second kappa shape index (κ2) is 6.19. The van der Waals surface area contributed by atoms with Crippen molar-refractivity contribution in [3.63, 3.8) is 0 Å². The van der Waals surface area contributed by atoms with Crippen molar-refractivity contribution in [2.24, 2.45) is 0 Å². The van der Waals surface area contributed by atoms with Gasteiger partial charge in [0.1, 0.15) is 0 Å². The van der Waals surface area contributed by atoms with E-state index in [1.807, 2.05) is 25.1 Å². The SMILES string of the molecule is C=CC1=CCn2c3c(c4ccccc42)CCN(S(=O)(=O)c2ccc(C)cc2)C13. The van der Waals surface area contributed by atoms with E-state index in [-0.39, 0.29) is 6.04 Å². The maximum absolute atomic E-state index is 13.5. The molecule has 0 fully saturated rings. The van der Waals surface area contributed by atoms with Crippen LogP contribution in [-0.4, -0.2) is 23.8 Å². The smallest absolute Gasteiger partial charge is 0.244 e. The van der Waals surface area contributed by atoms with Crippen LogP contribution < -0.4 is 0 Å². The molecule has 1 atom stereocenters. The van der Waals surface area contributed by atoms with E-state index in [1.54, 1.807) is 22.5 Å². The van der Waals surface area contributed by atoms with Crippen molar-refractivity contribution in [1.29, 1.82) is 0 Å². The van der Waals surface area contributed by atoms with E-state index in [1.165, 1.54) is 16.5 Å². The summed E-state index contributed by atoms with van der Waals surface area (Å²) in [6.07, 6.45) is 4.62. The zero-order valence-corrected chi connectivity index (χ0v) is 16.6. The predicted octanol–water partition coefficient (Wildman–Crippen LogP) is 4.36. The van der Waals surface area contributed by atoms with E-state index >= 15 is 0 Å². The minimum absolute atomic E-state index is 0.325. The molecule has 28 heavy (non-hydrogen) atoms. The first kappa shape index (κ1) is 17.5. The number of allylic oxidation sites excluding steroid dienone is 1. The number of para-hydroxylation sites is 1. The van der Waals surface area contributed by atoms with Gasteiger partial charge in [-0.2, -0.15) is 4.31 Å². The lowest BCUT2D eigenvalue weighted by Gasteiger charge is -2.38. The zero-order valence-electron chi connectivity index (χ0n) is 15.8. The monoisotopic (exact) mass is 390 g/mol. The first-order valence-corrected chi connectivity index (χ1v) is 11.0. The minimum Gasteiger partial charge on any atom is -0.339 e. The molecule has 5 rings (SSSR count). The number of fused-ring (bicyclic) bond motifs is 3. The summed E-state index contributed by atoms with van der Waals surface area (Å²) in [4.78, 5) is 0.346. The molecule has 5 heteroatoms. The van der Waals surface area contributed by atoms with Crippen molar-refractivity contribution in [2.75, 3.05) is 6.54 Å². The van der Waals surface area contributed by atoms with E-state index in [2.05, 4.69) is 35.4 Å². The van der Waals surface area contributed by atoms with Crippen LogP contribution in [0.5, 0.6) is 0 Å². The lowest BCUT2D eigenvalue weighted by Crippen LogP contribution is -2.42. The van der Waals surface area contributed by atoms with Crippen molar-refractivity contribution >= 4 is 20.9 Å². The van der Waals surface area contributed by atoms with Gasteiger partial charge < -0.3 is 4.57 Å². The van der Waals surface area contributed by atoms with Gasteiger partial charge in [0.25, 0.3) is 0 Å². The quantitative estimate of drug-likeness (QED) is 0.667. The Balaban J connectivity index is 1.72. The standard InChI is InChI=1S/C23H22N2O2S/c1-3-17-12-14-24-21-7-5-4-6-19(21)20-13-15-25(22(17)23(20)24)28(26,27)18-10-8-16(2)9-11-18/h3-12,22H,1,13-15H2,2H3. The average molecular weight is 391 g/mol. The molecule has 2 aliphatic heterocycles. The minimum atomic E-state index is -3.61. The number of aryl methyl sites for hydroxylation is 1. The summed E-state index contributed by atoms with van der Waals surface area (Å²) in [7, 11) is -3.61. The number of rotatable bonds is 3. The molecule has 3 heterocycles. The molecular formula is C23H22N2O2S. The van der Waals surface area contributed by atoms with E-state index in [0.717, 1.165) is 29.8 Å². The number of benzene rings is 2. The van der Waals surface area contributed by atoms with E-state index in [4.69, 9.17) is 0 Å². The third kappa shape index (κ3) is 2.36. The van der Waals surface area contributed by atoms with Crippen molar-refractivity contribution in [3.05, 3.63) is 89.7 Å². The maximum Gasteiger partial charge on any atom is 0.244 e. The predicted molar refractivity (Wildman–Crippen MR) is 112 cm³/mol. The molecule has 0 spiro atoms. The highest BCUT2D eigenvalue weighted by Crippen LogP contribution is 2.45. The van der Waals surface area contributed by atoms with Crippen LogP contribution in [0.3, 0.4) is 0 Å². The fourth-order valence-electron chi connectivity index (χ4n) is 4.59. The zero-order chi connectivity index (χ0) is 19.5. The summed E-state index contributed by atoms with van der Waals surface area (Å²) in [5, 5.41) is 1.23. The molecule has 0 bridgehead atoms. The molecule has 1 aromatic heterocycles. The lowest BCUT2D eigenvalue weighted by atomic mass is 9.92. The van der Waals surface area contributed by atoms with Gasteiger partial charge in [0.15, 0.2) is 0 Å². The van der Waals surface area contributed by atoms with Crippen molar-refractivity contribution in [3.8, 4) is 0 Å². The Kier molecular flexibility index (Phi) is 3.86. The maximum atomic E-state index is 13.5. The van der Waals surface area contributed by atoms with Crippen LogP contribution in [-0.2, 0) is 23.0 Å². The largest absolute Gasteiger partial charge is 0.339 e. The Morgan fingerprint density at radius 2 is 1.86 bits per heavy atom. The van der Waals surface area contributed by atoms with Crippen LogP contribution in [0.4, 0.5) is 0 Å². The van der Waals surface area contributed by atoms with Gasteiger partial charge in [0, 0.05) is 29.7 Å². The molecular weight excluding hydrogens is 368 g/mol. The Morgan fingerprint density at radius 1 is 1.11 bits per heavy atom.